The average Bonchev–Trinajstić information content (AvgIpc) is 2.37. The average molecular weight is 333 g/mol. The highest BCUT2D eigenvalue weighted by Crippen LogP contribution is 2.41. The van der Waals surface area contributed by atoms with Gasteiger partial charge in [-0.05, 0) is 30.7 Å². The summed E-state index contributed by atoms with van der Waals surface area (Å²) in [4.78, 5) is 0.0768. The second-order valence-electron chi connectivity index (χ2n) is 5.99. The van der Waals surface area contributed by atoms with Crippen LogP contribution in [0.5, 0.6) is 0 Å². The number of benzene rings is 1. The summed E-state index contributed by atoms with van der Waals surface area (Å²) in [6, 6.07) is 4.73. The van der Waals surface area contributed by atoms with Gasteiger partial charge in [0.25, 0.3) is 0 Å². The third kappa shape index (κ3) is 3.13. The Morgan fingerprint density at radius 3 is 1.95 bits per heavy atom. The maximum Gasteiger partial charge on any atom is 0.240 e. The van der Waals surface area contributed by atoms with Crippen LogP contribution < -0.4 is 4.72 Å². The van der Waals surface area contributed by atoms with Crippen molar-refractivity contribution in [3.8, 4) is 0 Å². The molecule has 0 amide bonds. The highest BCUT2D eigenvalue weighted by Gasteiger charge is 2.48. The van der Waals surface area contributed by atoms with Crippen LogP contribution in [-0.4, -0.2) is 40.3 Å². The fourth-order valence-electron chi connectivity index (χ4n) is 2.22. The van der Waals surface area contributed by atoms with Crippen molar-refractivity contribution in [1.29, 1.82) is 0 Å². The lowest BCUT2D eigenvalue weighted by Crippen LogP contribution is -2.61. The SMILES string of the molecule is CC1(C)C(O)CC1NS(=O)(=O)c1ccc(S(C)(=O)=O)cc1. The van der Waals surface area contributed by atoms with Crippen molar-refractivity contribution in [2.75, 3.05) is 6.26 Å². The molecule has 0 radical (unpaired) electrons. The van der Waals surface area contributed by atoms with E-state index >= 15 is 0 Å². The standard InChI is InChI=1S/C13H19NO5S2/c1-13(2)11(8-12(13)15)14-21(18,19)10-6-4-9(5-7-10)20(3,16)17/h4-7,11-12,14-15H,8H2,1-3H3. The third-order valence-electron chi connectivity index (χ3n) is 4.08. The van der Waals surface area contributed by atoms with Gasteiger partial charge in [-0.3, -0.25) is 0 Å². The lowest BCUT2D eigenvalue weighted by Gasteiger charge is -2.49. The molecule has 2 N–H and O–H groups in total. The maximum absolute atomic E-state index is 12.2. The number of rotatable bonds is 4. The summed E-state index contributed by atoms with van der Waals surface area (Å²) in [5, 5.41) is 9.64. The van der Waals surface area contributed by atoms with Gasteiger partial charge in [0.1, 0.15) is 0 Å². The van der Waals surface area contributed by atoms with Crippen LogP contribution in [0.15, 0.2) is 34.1 Å². The van der Waals surface area contributed by atoms with Gasteiger partial charge < -0.3 is 5.11 Å². The predicted octanol–water partition coefficient (Wildman–Crippen LogP) is 0.528. The molecule has 0 bridgehead atoms. The third-order valence-corrected chi connectivity index (χ3v) is 6.69. The van der Waals surface area contributed by atoms with E-state index in [2.05, 4.69) is 4.72 Å². The van der Waals surface area contributed by atoms with Crippen molar-refractivity contribution in [2.24, 2.45) is 5.41 Å². The maximum atomic E-state index is 12.2. The number of nitrogens with one attached hydrogen (secondary N) is 1. The predicted molar refractivity (Wildman–Crippen MR) is 78.1 cm³/mol. The molecule has 1 saturated carbocycles. The Labute approximate surface area is 125 Å². The number of hydrogen-bond acceptors (Lipinski definition) is 5. The summed E-state index contributed by atoms with van der Waals surface area (Å²) in [6.45, 7) is 3.59. The largest absolute Gasteiger partial charge is 0.392 e. The van der Waals surface area contributed by atoms with Crippen LogP contribution in [0.2, 0.25) is 0 Å². The van der Waals surface area contributed by atoms with Gasteiger partial charge >= 0.3 is 0 Å². The van der Waals surface area contributed by atoms with Crippen LogP contribution in [0.4, 0.5) is 0 Å². The minimum Gasteiger partial charge on any atom is -0.392 e. The molecule has 1 aliphatic rings. The number of aliphatic hydroxyl groups excluding tert-OH is 1. The topological polar surface area (TPSA) is 101 Å². The monoisotopic (exact) mass is 333 g/mol. The van der Waals surface area contributed by atoms with Crippen molar-refractivity contribution in [1.82, 2.24) is 4.72 Å². The minimum absolute atomic E-state index is 0.00656. The Morgan fingerprint density at radius 1 is 1.10 bits per heavy atom. The first kappa shape index (κ1) is 16.4. The van der Waals surface area contributed by atoms with Crippen LogP contribution in [0, 0.1) is 5.41 Å². The Bertz CT molecular complexity index is 735. The Morgan fingerprint density at radius 2 is 1.57 bits per heavy atom. The summed E-state index contributed by atoms with van der Waals surface area (Å²) in [5.74, 6) is 0. The highest BCUT2D eigenvalue weighted by molar-refractivity contribution is 7.90. The molecular weight excluding hydrogens is 314 g/mol. The molecule has 8 heteroatoms. The Hall–Kier alpha value is -0.960. The molecule has 1 aliphatic carbocycles. The van der Waals surface area contributed by atoms with Crippen molar-refractivity contribution < 1.29 is 21.9 Å². The normalized spacial score (nSPS) is 25.3. The van der Waals surface area contributed by atoms with Gasteiger partial charge in [-0.15, -0.1) is 0 Å². The number of aliphatic hydroxyl groups is 1. The molecule has 1 aromatic carbocycles. The molecule has 6 nitrogen and oxygen atoms in total. The van der Waals surface area contributed by atoms with E-state index in [1.807, 2.05) is 0 Å². The van der Waals surface area contributed by atoms with Crippen LogP contribution >= 0.6 is 0 Å². The lowest BCUT2D eigenvalue weighted by atomic mass is 9.65. The van der Waals surface area contributed by atoms with Crippen molar-refractivity contribution >= 4 is 19.9 Å². The van der Waals surface area contributed by atoms with E-state index in [1.165, 1.54) is 24.3 Å². The van der Waals surface area contributed by atoms with E-state index in [0.29, 0.717) is 6.42 Å². The zero-order valence-corrected chi connectivity index (χ0v) is 13.7. The van der Waals surface area contributed by atoms with Gasteiger partial charge in [0.05, 0.1) is 15.9 Å². The molecule has 0 spiro atoms. The zero-order valence-electron chi connectivity index (χ0n) is 12.1. The van der Waals surface area contributed by atoms with Crippen LogP contribution in [0.1, 0.15) is 20.3 Å². The quantitative estimate of drug-likeness (QED) is 0.837. The summed E-state index contributed by atoms with van der Waals surface area (Å²) in [7, 11) is -7.09. The van der Waals surface area contributed by atoms with E-state index < -0.39 is 31.4 Å². The molecule has 2 rings (SSSR count). The van der Waals surface area contributed by atoms with E-state index in [0.717, 1.165) is 6.26 Å². The number of hydrogen-bond donors (Lipinski definition) is 2. The summed E-state index contributed by atoms with van der Waals surface area (Å²) < 4.78 is 49.8. The van der Waals surface area contributed by atoms with Crippen LogP contribution in [-0.2, 0) is 19.9 Å². The first-order valence-corrected chi connectivity index (χ1v) is 9.82. The minimum atomic E-state index is -3.73. The summed E-state index contributed by atoms with van der Waals surface area (Å²) >= 11 is 0. The molecule has 118 valence electrons. The Balaban J connectivity index is 2.21. The summed E-state index contributed by atoms with van der Waals surface area (Å²) in [5.41, 5.74) is -0.514. The van der Waals surface area contributed by atoms with Gasteiger partial charge in [-0.25, -0.2) is 21.6 Å². The molecule has 21 heavy (non-hydrogen) atoms. The van der Waals surface area contributed by atoms with Gasteiger partial charge in [0, 0.05) is 17.7 Å². The van der Waals surface area contributed by atoms with Gasteiger partial charge in [-0.1, -0.05) is 13.8 Å². The van der Waals surface area contributed by atoms with Gasteiger partial charge in [-0.2, -0.15) is 0 Å². The molecule has 0 aromatic heterocycles. The summed E-state index contributed by atoms with van der Waals surface area (Å²) in [6.07, 6.45) is 0.901. The van der Waals surface area contributed by atoms with Crippen molar-refractivity contribution in [3.63, 3.8) is 0 Å². The molecule has 2 unspecified atom stereocenters. The zero-order chi connectivity index (χ0) is 16.1. The molecule has 0 aliphatic heterocycles. The molecule has 0 heterocycles. The molecular formula is C13H19NO5S2. The molecule has 1 aromatic rings. The van der Waals surface area contributed by atoms with E-state index in [-0.39, 0.29) is 15.8 Å². The van der Waals surface area contributed by atoms with E-state index in [9.17, 15) is 21.9 Å². The second kappa shape index (κ2) is 5.05. The van der Waals surface area contributed by atoms with E-state index in [1.54, 1.807) is 13.8 Å². The van der Waals surface area contributed by atoms with Crippen molar-refractivity contribution in [2.45, 2.75) is 42.2 Å². The van der Waals surface area contributed by atoms with Gasteiger partial charge in [0.2, 0.25) is 10.0 Å². The molecule has 1 fully saturated rings. The van der Waals surface area contributed by atoms with Crippen LogP contribution in [0.25, 0.3) is 0 Å². The second-order valence-corrected chi connectivity index (χ2v) is 9.72. The fourth-order valence-corrected chi connectivity index (χ4v) is 4.26. The highest BCUT2D eigenvalue weighted by atomic mass is 32.2. The lowest BCUT2D eigenvalue weighted by molar-refractivity contribution is -0.0645. The number of sulfone groups is 1. The number of sulfonamides is 1. The fraction of sp³-hybridized carbons (Fsp3) is 0.538. The smallest absolute Gasteiger partial charge is 0.240 e. The first-order valence-electron chi connectivity index (χ1n) is 6.45. The van der Waals surface area contributed by atoms with E-state index in [4.69, 9.17) is 0 Å². The molecule has 0 saturated heterocycles. The van der Waals surface area contributed by atoms with Gasteiger partial charge in [0.15, 0.2) is 9.84 Å². The Kier molecular flexibility index (Phi) is 3.94. The van der Waals surface area contributed by atoms with Crippen molar-refractivity contribution in [3.05, 3.63) is 24.3 Å². The first-order chi connectivity index (χ1) is 9.44. The molecule has 2 atom stereocenters. The van der Waals surface area contributed by atoms with Crippen LogP contribution in [0.3, 0.4) is 0 Å².